The third-order valence-corrected chi connectivity index (χ3v) is 6.12. The number of nitrogens with two attached hydrogens (primary N) is 1. The van der Waals surface area contributed by atoms with Gasteiger partial charge in [-0.3, -0.25) is 14.1 Å². The SMILES string of the molecule is COc1cccc(C(=O)S/C(CCOP(=O)(O)O)=C(/C)N(C=O)Cc2cnc(C)nc2N)c1. The maximum atomic E-state index is 12.9. The van der Waals surface area contributed by atoms with Gasteiger partial charge >= 0.3 is 7.82 Å². The summed E-state index contributed by atoms with van der Waals surface area (Å²) in [7, 11) is -3.22. The molecule has 2 aromatic rings. The molecule has 0 atom stereocenters. The predicted molar refractivity (Wildman–Crippen MR) is 123 cm³/mol. The first-order valence-electron chi connectivity index (χ1n) is 9.60. The number of nitrogens with zero attached hydrogens (tertiary/aromatic N) is 3. The lowest BCUT2D eigenvalue weighted by molar-refractivity contribution is -0.116. The van der Waals surface area contributed by atoms with Crippen molar-refractivity contribution in [2.24, 2.45) is 0 Å². The van der Waals surface area contributed by atoms with E-state index in [0.29, 0.717) is 39.7 Å². The summed E-state index contributed by atoms with van der Waals surface area (Å²) in [4.78, 5) is 52.5. The molecule has 0 aliphatic rings. The molecular formula is C20H25N4O7PS. The Morgan fingerprint density at radius 2 is 2.09 bits per heavy atom. The van der Waals surface area contributed by atoms with E-state index in [-0.39, 0.29) is 30.5 Å². The molecule has 0 saturated heterocycles. The predicted octanol–water partition coefficient (Wildman–Crippen LogP) is 2.64. The third kappa shape index (κ3) is 8.26. The van der Waals surface area contributed by atoms with E-state index in [4.69, 9.17) is 20.3 Å². The Bertz CT molecular complexity index is 1090. The number of hydrogen-bond acceptors (Lipinski definition) is 9. The minimum atomic E-state index is -4.70. The Morgan fingerprint density at radius 3 is 2.70 bits per heavy atom. The first-order chi connectivity index (χ1) is 15.5. The van der Waals surface area contributed by atoms with Crippen molar-refractivity contribution in [2.75, 3.05) is 19.5 Å². The number of anilines is 1. The molecule has 11 nitrogen and oxygen atoms in total. The molecule has 0 unspecified atom stereocenters. The van der Waals surface area contributed by atoms with Gasteiger partial charge in [0, 0.05) is 34.3 Å². The van der Waals surface area contributed by atoms with Crippen LogP contribution in [0.5, 0.6) is 5.75 Å². The Morgan fingerprint density at radius 1 is 1.36 bits per heavy atom. The quantitative estimate of drug-likeness (QED) is 0.309. The maximum Gasteiger partial charge on any atom is 0.469 e. The van der Waals surface area contributed by atoms with Gasteiger partial charge in [-0.25, -0.2) is 14.5 Å². The number of hydrogen-bond donors (Lipinski definition) is 3. The number of carbonyl (C=O) groups is 2. The van der Waals surface area contributed by atoms with Gasteiger partial charge in [-0.15, -0.1) is 0 Å². The number of allylic oxidation sites excluding steroid dienone is 1. The van der Waals surface area contributed by atoms with Gasteiger partial charge in [-0.2, -0.15) is 0 Å². The van der Waals surface area contributed by atoms with E-state index < -0.39 is 7.82 Å². The monoisotopic (exact) mass is 496 g/mol. The van der Waals surface area contributed by atoms with Gasteiger partial charge in [-0.05, 0) is 37.7 Å². The summed E-state index contributed by atoms with van der Waals surface area (Å²) in [5.74, 6) is 1.20. The van der Waals surface area contributed by atoms with Crippen LogP contribution < -0.4 is 10.5 Å². The summed E-state index contributed by atoms with van der Waals surface area (Å²) in [6, 6.07) is 6.53. The molecule has 0 saturated carbocycles. The summed E-state index contributed by atoms with van der Waals surface area (Å²) >= 11 is 0.826. The van der Waals surface area contributed by atoms with Crippen LogP contribution in [0.15, 0.2) is 41.1 Å². The van der Waals surface area contributed by atoms with E-state index >= 15 is 0 Å². The topological polar surface area (TPSA) is 165 Å². The molecule has 0 aliphatic carbocycles. The van der Waals surface area contributed by atoms with Gasteiger partial charge in [-0.1, -0.05) is 12.1 Å². The van der Waals surface area contributed by atoms with Crippen LogP contribution in [0.3, 0.4) is 0 Å². The number of methoxy groups -OCH3 is 1. The standard InChI is InChI=1S/C20H25N4O7PS/c1-13(24(12-25)11-16-10-22-14(2)23-19(16)21)18(7-8-31-32(27,28)29)33-20(26)15-5-4-6-17(9-15)30-3/h4-6,9-10,12H,7-8,11H2,1-3H3,(H2,21,22,23)(H2,27,28,29)/b18-13-. The molecule has 178 valence electrons. The largest absolute Gasteiger partial charge is 0.497 e. The second-order valence-corrected chi connectivity index (χ2v) is 9.07. The van der Waals surface area contributed by atoms with Crippen molar-refractivity contribution in [1.82, 2.24) is 14.9 Å². The number of thioether (sulfide) groups is 1. The van der Waals surface area contributed by atoms with Crippen LogP contribution in [0.1, 0.15) is 35.1 Å². The number of rotatable bonds is 11. The van der Waals surface area contributed by atoms with E-state index in [1.165, 1.54) is 18.2 Å². The summed E-state index contributed by atoms with van der Waals surface area (Å²) in [5.41, 5.74) is 7.17. The number of amides is 1. The molecule has 33 heavy (non-hydrogen) atoms. The smallest absolute Gasteiger partial charge is 0.469 e. The molecule has 0 aliphatic heterocycles. The van der Waals surface area contributed by atoms with Gasteiger partial charge in [0.25, 0.3) is 0 Å². The lowest BCUT2D eigenvalue weighted by Crippen LogP contribution is -2.22. The van der Waals surface area contributed by atoms with Crippen LogP contribution in [-0.2, 0) is 20.4 Å². The zero-order valence-corrected chi connectivity index (χ0v) is 20.0. The number of carbonyl (C=O) groups excluding carboxylic acids is 2. The number of phosphoric ester groups is 1. The molecule has 2 rings (SSSR count). The average molecular weight is 496 g/mol. The average Bonchev–Trinajstić information content (AvgIpc) is 2.76. The minimum Gasteiger partial charge on any atom is -0.497 e. The van der Waals surface area contributed by atoms with Crippen LogP contribution >= 0.6 is 19.6 Å². The van der Waals surface area contributed by atoms with E-state index in [9.17, 15) is 14.2 Å². The number of aryl methyl sites for hydroxylation is 1. The van der Waals surface area contributed by atoms with Gasteiger partial charge in [0.2, 0.25) is 11.5 Å². The van der Waals surface area contributed by atoms with Crippen molar-refractivity contribution in [3.63, 3.8) is 0 Å². The van der Waals surface area contributed by atoms with Crippen molar-refractivity contribution < 1.29 is 33.2 Å². The van der Waals surface area contributed by atoms with Crippen LogP contribution in [0, 0.1) is 6.92 Å². The summed E-state index contributed by atoms with van der Waals surface area (Å²) < 4.78 is 20.7. The van der Waals surface area contributed by atoms with Crippen LogP contribution in [0.2, 0.25) is 0 Å². The van der Waals surface area contributed by atoms with E-state index in [0.717, 1.165) is 11.8 Å². The van der Waals surface area contributed by atoms with Crippen molar-refractivity contribution >= 4 is 36.9 Å². The molecule has 1 amide bonds. The normalized spacial score (nSPS) is 12.2. The molecule has 0 spiro atoms. The number of aromatic nitrogens is 2. The van der Waals surface area contributed by atoms with Crippen molar-refractivity contribution in [1.29, 1.82) is 0 Å². The number of benzene rings is 1. The number of nitrogen functional groups attached to an aromatic ring is 1. The van der Waals surface area contributed by atoms with Crippen LogP contribution in [0.4, 0.5) is 5.82 Å². The summed E-state index contributed by atoms with van der Waals surface area (Å²) in [6.07, 6.45) is 2.04. The van der Waals surface area contributed by atoms with E-state index in [1.54, 1.807) is 38.1 Å². The molecule has 4 N–H and O–H groups in total. The first kappa shape index (κ1) is 26.5. The second kappa shape index (κ2) is 11.9. The van der Waals surface area contributed by atoms with Gasteiger partial charge < -0.3 is 25.2 Å². The Labute approximate surface area is 195 Å². The number of ether oxygens (including phenoxy) is 1. The fourth-order valence-electron chi connectivity index (χ4n) is 2.70. The fraction of sp³-hybridized carbons (Fsp3) is 0.300. The maximum absolute atomic E-state index is 12.9. The molecule has 1 aromatic heterocycles. The lowest BCUT2D eigenvalue weighted by atomic mass is 10.2. The Hall–Kier alpha value is -2.76. The zero-order chi connectivity index (χ0) is 24.6. The summed E-state index contributed by atoms with van der Waals surface area (Å²) in [5, 5.41) is -0.344. The fourth-order valence-corrected chi connectivity index (χ4v) is 3.94. The van der Waals surface area contributed by atoms with Gasteiger partial charge in [0.1, 0.15) is 17.4 Å². The molecule has 0 fully saturated rings. The van der Waals surface area contributed by atoms with Crippen molar-refractivity contribution in [3.8, 4) is 5.75 Å². The van der Waals surface area contributed by atoms with Crippen LogP contribution in [-0.4, -0.2) is 49.9 Å². The van der Waals surface area contributed by atoms with Crippen molar-refractivity contribution in [2.45, 2.75) is 26.8 Å². The van der Waals surface area contributed by atoms with Crippen molar-refractivity contribution in [3.05, 3.63) is 58.0 Å². The highest BCUT2D eigenvalue weighted by Crippen LogP contribution is 2.37. The Balaban J connectivity index is 2.33. The lowest BCUT2D eigenvalue weighted by Gasteiger charge is -2.22. The molecule has 13 heteroatoms. The molecular weight excluding hydrogens is 471 g/mol. The van der Waals surface area contributed by atoms with Crippen LogP contribution in [0.25, 0.3) is 0 Å². The zero-order valence-electron chi connectivity index (χ0n) is 18.3. The molecule has 1 heterocycles. The molecule has 0 bridgehead atoms. The molecule has 0 radical (unpaired) electrons. The van der Waals surface area contributed by atoms with Gasteiger partial charge in [0.15, 0.2) is 0 Å². The Kier molecular flexibility index (Phi) is 9.56. The first-order valence-corrected chi connectivity index (χ1v) is 11.9. The van der Waals surface area contributed by atoms with E-state index in [1.807, 2.05) is 0 Å². The van der Waals surface area contributed by atoms with Gasteiger partial charge in [0.05, 0.1) is 20.3 Å². The third-order valence-electron chi connectivity index (χ3n) is 4.43. The van der Waals surface area contributed by atoms with E-state index in [2.05, 4.69) is 14.5 Å². The number of phosphoric acid groups is 1. The highest BCUT2D eigenvalue weighted by atomic mass is 32.2. The highest BCUT2D eigenvalue weighted by Gasteiger charge is 2.20. The minimum absolute atomic E-state index is 0.0263. The summed E-state index contributed by atoms with van der Waals surface area (Å²) in [6.45, 7) is 2.97. The molecule has 1 aromatic carbocycles. The highest BCUT2D eigenvalue weighted by molar-refractivity contribution is 8.17. The second-order valence-electron chi connectivity index (χ2n) is 6.76.